The van der Waals surface area contributed by atoms with Crippen LogP contribution in [0.25, 0.3) is 6.08 Å². The predicted octanol–water partition coefficient (Wildman–Crippen LogP) is 4.02. The van der Waals surface area contributed by atoms with Gasteiger partial charge in [0, 0.05) is 31.7 Å². The Morgan fingerprint density at radius 3 is 2.52 bits per heavy atom. The van der Waals surface area contributed by atoms with Crippen LogP contribution in [0.15, 0.2) is 58.4 Å². The lowest BCUT2D eigenvalue weighted by Gasteiger charge is -2.36. The van der Waals surface area contributed by atoms with Gasteiger partial charge in [-0.1, -0.05) is 30.3 Å². The van der Waals surface area contributed by atoms with Crippen molar-refractivity contribution in [3.63, 3.8) is 0 Å². The van der Waals surface area contributed by atoms with Crippen molar-refractivity contribution >= 4 is 34.6 Å². The number of benzene rings is 2. The average Bonchev–Trinajstić information content (AvgIpc) is 3.10. The molecule has 0 radical (unpaired) electrons. The second kappa shape index (κ2) is 8.69. The number of thioether (sulfide) groups is 1. The van der Waals surface area contributed by atoms with Gasteiger partial charge in [-0.2, -0.15) is 4.99 Å². The summed E-state index contributed by atoms with van der Waals surface area (Å²) in [5.74, 6) is 0.317. The van der Waals surface area contributed by atoms with Gasteiger partial charge in [-0.25, -0.2) is 4.39 Å². The van der Waals surface area contributed by atoms with Crippen LogP contribution in [0.3, 0.4) is 0 Å². The lowest BCUT2D eigenvalue weighted by molar-refractivity contribution is -0.113. The number of amidine groups is 1. The van der Waals surface area contributed by atoms with Crippen LogP contribution in [-0.2, 0) is 4.79 Å². The Morgan fingerprint density at radius 2 is 1.76 bits per heavy atom. The molecule has 4 rings (SSSR count). The van der Waals surface area contributed by atoms with Crippen molar-refractivity contribution < 1.29 is 13.9 Å². The molecule has 29 heavy (non-hydrogen) atoms. The molecular weight excluding hydrogens is 389 g/mol. The molecule has 0 saturated carbocycles. The van der Waals surface area contributed by atoms with Crippen molar-refractivity contribution in [3.05, 3.63) is 64.8 Å². The quantitative estimate of drug-likeness (QED) is 0.711. The van der Waals surface area contributed by atoms with Crippen molar-refractivity contribution in [1.29, 1.82) is 0 Å². The highest BCUT2D eigenvalue weighted by molar-refractivity contribution is 8.18. The topological polar surface area (TPSA) is 45.1 Å². The number of amides is 1. The molecule has 5 nitrogen and oxygen atoms in total. The number of halogens is 1. The molecule has 7 heteroatoms. The number of rotatable bonds is 4. The van der Waals surface area contributed by atoms with Crippen molar-refractivity contribution in [1.82, 2.24) is 4.90 Å². The first-order valence-corrected chi connectivity index (χ1v) is 10.5. The highest BCUT2D eigenvalue weighted by Crippen LogP contribution is 2.33. The molecule has 1 fully saturated rings. The zero-order valence-corrected chi connectivity index (χ0v) is 17.0. The number of carbonyl (C=O) groups is 1. The van der Waals surface area contributed by atoms with Crippen LogP contribution in [-0.4, -0.2) is 48.8 Å². The van der Waals surface area contributed by atoms with E-state index in [0.29, 0.717) is 48.5 Å². The van der Waals surface area contributed by atoms with E-state index in [2.05, 4.69) is 9.89 Å². The van der Waals surface area contributed by atoms with Gasteiger partial charge in [0.2, 0.25) is 0 Å². The van der Waals surface area contributed by atoms with Gasteiger partial charge in [0.05, 0.1) is 17.2 Å². The normalized spacial score (nSPS) is 18.3. The molecule has 2 heterocycles. The van der Waals surface area contributed by atoms with Crippen molar-refractivity contribution in [3.8, 4) is 5.75 Å². The number of piperazine rings is 1. The summed E-state index contributed by atoms with van der Waals surface area (Å²) in [7, 11) is 0. The second-order valence-electron chi connectivity index (χ2n) is 6.71. The highest BCUT2D eigenvalue weighted by atomic mass is 32.2. The number of hydrogen-bond donors (Lipinski definition) is 0. The zero-order chi connectivity index (χ0) is 20.2. The summed E-state index contributed by atoms with van der Waals surface area (Å²) in [6, 6.07) is 14.5. The Hall–Kier alpha value is -2.80. The molecule has 0 aliphatic carbocycles. The number of aliphatic imine (C=N–C) groups is 1. The summed E-state index contributed by atoms with van der Waals surface area (Å²) >= 11 is 1.39. The molecule has 0 bridgehead atoms. The van der Waals surface area contributed by atoms with Crippen LogP contribution >= 0.6 is 11.8 Å². The number of para-hydroxylation sites is 2. The highest BCUT2D eigenvalue weighted by Gasteiger charge is 2.29. The molecule has 150 valence electrons. The molecule has 1 amide bonds. The minimum Gasteiger partial charge on any atom is -0.493 e. The fourth-order valence-electron chi connectivity index (χ4n) is 3.41. The van der Waals surface area contributed by atoms with E-state index in [1.165, 1.54) is 17.8 Å². The first kappa shape index (κ1) is 19.5. The molecule has 0 unspecified atom stereocenters. The molecule has 2 aliphatic rings. The summed E-state index contributed by atoms with van der Waals surface area (Å²) in [6.45, 7) is 5.24. The Labute approximate surface area is 173 Å². The van der Waals surface area contributed by atoms with Gasteiger partial charge in [-0.15, -0.1) is 0 Å². The average molecular weight is 412 g/mol. The first-order chi connectivity index (χ1) is 14.2. The van der Waals surface area contributed by atoms with Gasteiger partial charge in [-0.05, 0) is 43.0 Å². The monoisotopic (exact) mass is 411 g/mol. The third kappa shape index (κ3) is 4.29. The van der Waals surface area contributed by atoms with Crippen LogP contribution in [0.1, 0.15) is 12.5 Å². The Balaban J connectivity index is 1.43. The Bertz CT molecular complexity index is 968. The Kier molecular flexibility index (Phi) is 5.85. The molecule has 0 N–H and O–H groups in total. The fraction of sp³-hybridized carbons (Fsp3) is 0.273. The lowest BCUT2D eigenvalue weighted by Crippen LogP contribution is -2.48. The van der Waals surface area contributed by atoms with E-state index in [0.717, 1.165) is 11.3 Å². The first-order valence-electron chi connectivity index (χ1n) is 9.64. The van der Waals surface area contributed by atoms with Gasteiger partial charge in [0.15, 0.2) is 5.17 Å². The molecule has 0 atom stereocenters. The smallest absolute Gasteiger partial charge is 0.286 e. The van der Waals surface area contributed by atoms with Crippen LogP contribution in [0, 0.1) is 5.82 Å². The standard InChI is InChI=1S/C22H22FN3O2S/c1-2-28-19-10-6-3-7-16(19)15-20-21(27)24-22(29-20)26-13-11-25(12-14-26)18-9-5-4-8-17(18)23/h3-10,15H,2,11-14H2,1H3. The minimum atomic E-state index is -0.229. The van der Waals surface area contributed by atoms with E-state index >= 15 is 0 Å². The predicted molar refractivity (Wildman–Crippen MR) is 116 cm³/mol. The van der Waals surface area contributed by atoms with Gasteiger partial charge < -0.3 is 14.5 Å². The van der Waals surface area contributed by atoms with Gasteiger partial charge >= 0.3 is 0 Å². The molecule has 0 aromatic heterocycles. The number of nitrogens with zero attached hydrogens (tertiary/aromatic N) is 3. The van der Waals surface area contributed by atoms with E-state index in [9.17, 15) is 9.18 Å². The summed E-state index contributed by atoms with van der Waals surface area (Å²) in [5, 5.41) is 0.711. The SMILES string of the molecule is CCOc1ccccc1C=C1SC(N2CCN(c3ccccc3F)CC2)=NC1=O. The van der Waals surface area contributed by atoms with Crippen LogP contribution in [0.2, 0.25) is 0 Å². The van der Waals surface area contributed by atoms with Crippen LogP contribution < -0.4 is 9.64 Å². The summed E-state index contributed by atoms with van der Waals surface area (Å²) in [5.41, 5.74) is 1.49. The van der Waals surface area contributed by atoms with E-state index in [-0.39, 0.29) is 11.7 Å². The molecule has 0 spiro atoms. The van der Waals surface area contributed by atoms with E-state index in [1.807, 2.05) is 48.2 Å². The number of hydrogen-bond acceptors (Lipinski definition) is 5. The van der Waals surface area contributed by atoms with Crippen LogP contribution in [0.4, 0.5) is 10.1 Å². The van der Waals surface area contributed by atoms with Crippen molar-refractivity contribution in [2.75, 3.05) is 37.7 Å². The number of ether oxygens (including phenoxy) is 1. The number of anilines is 1. The lowest BCUT2D eigenvalue weighted by atomic mass is 10.2. The van der Waals surface area contributed by atoms with Gasteiger partial charge in [0.1, 0.15) is 11.6 Å². The summed E-state index contributed by atoms with van der Waals surface area (Å²) in [6.07, 6.45) is 1.84. The maximum absolute atomic E-state index is 14.0. The molecular formula is C22H22FN3O2S. The van der Waals surface area contributed by atoms with Gasteiger partial charge in [0.25, 0.3) is 5.91 Å². The molecule has 2 aromatic rings. The van der Waals surface area contributed by atoms with E-state index in [4.69, 9.17) is 4.74 Å². The maximum Gasteiger partial charge on any atom is 0.286 e. The third-order valence-electron chi connectivity index (χ3n) is 4.86. The van der Waals surface area contributed by atoms with Crippen molar-refractivity contribution in [2.45, 2.75) is 6.92 Å². The zero-order valence-electron chi connectivity index (χ0n) is 16.2. The third-order valence-corrected chi connectivity index (χ3v) is 5.90. The van der Waals surface area contributed by atoms with Crippen LogP contribution in [0.5, 0.6) is 5.75 Å². The van der Waals surface area contributed by atoms with Crippen molar-refractivity contribution in [2.24, 2.45) is 4.99 Å². The maximum atomic E-state index is 14.0. The minimum absolute atomic E-state index is 0.207. The molecule has 2 aliphatic heterocycles. The Morgan fingerprint density at radius 1 is 1.07 bits per heavy atom. The van der Waals surface area contributed by atoms with E-state index in [1.54, 1.807) is 12.1 Å². The van der Waals surface area contributed by atoms with Gasteiger partial charge in [-0.3, -0.25) is 4.79 Å². The summed E-state index contributed by atoms with van der Waals surface area (Å²) < 4.78 is 19.7. The van der Waals surface area contributed by atoms with E-state index < -0.39 is 0 Å². The molecule has 2 aromatic carbocycles. The molecule has 1 saturated heterocycles. The second-order valence-corrected chi connectivity index (χ2v) is 7.72. The fourth-order valence-corrected chi connectivity index (χ4v) is 4.36. The summed E-state index contributed by atoms with van der Waals surface area (Å²) in [4.78, 5) is 21.4. The largest absolute Gasteiger partial charge is 0.493 e. The number of carbonyl (C=O) groups excluding carboxylic acids is 1.